The Kier molecular flexibility index (Phi) is 6.26. The lowest BCUT2D eigenvalue weighted by Crippen LogP contribution is -2.43. The van der Waals surface area contributed by atoms with Gasteiger partial charge in [-0.25, -0.2) is 12.8 Å². The Labute approximate surface area is 149 Å². The standard InChI is InChI=1S/C16H16FN3O5S/c1-11(21)18-13-4-8-15(9-5-13)26(23,24)20-19-16(22)10-25-14-6-2-12(17)3-7-14/h2-9,20H,10H2,1H3,(H,18,21)(H,19,22). The van der Waals surface area contributed by atoms with Gasteiger partial charge in [-0.15, -0.1) is 4.83 Å². The van der Waals surface area contributed by atoms with E-state index >= 15 is 0 Å². The van der Waals surface area contributed by atoms with E-state index in [-0.39, 0.29) is 16.6 Å². The average molecular weight is 381 g/mol. The van der Waals surface area contributed by atoms with E-state index < -0.39 is 28.4 Å². The fourth-order valence-corrected chi connectivity index (χ4v) is 2.68. The van der Waals surface area contributed by atoms with Gasteiger partial charge in [-0.05, 0) is 48.5 Å². The third-order valence-electron chi connectivity index (χ3n) is 2.99. The summed E-state index contributed by atoms with van der Waals surface area (Å²) in [5.41, 5.74) is 2.44. The van der Waals surface area contributed by atoms with Gasteiger partial charge in [0.2, 0.25) is 5.91 Å². The molecule has 3 N–H and O–H groups in total. The van der Waals surface area contributed by atoms with Crippen LogP contribution in [0.15, 0.2) is 53.4 Å². The number of anilines is 1. The molecule has 2 aromatic carbocycles. The zero-order valence-corrected chi connectivity index (χ0v) is 14.5. The van der Waals surface area contributed by atoms with Gasteiger partial charge in [0.25, 0.3) is 15.9 Å². The number of carbonyl (C=O) groups excluding carboxylic acids is 2. The van der Waals surface area contributed by atoms with Crippen molar-refractivity contribution < 1.29 is 27.1 Å². The molecule has 0 spiro atoms. The Morgan fingerprint density at radius 2 is 1.65 bits per heavy atom. The number of hydrogen-bond donors (Lipinski definition) is 3. The molecule has 138 valence electrons. The van der Waals surface area contributed by atoms with Gasteiger partial charge < -0.3 is 10.1 Å². The molecular weight excluding hydrogens is 365 g/mol. The summed E-state index contributed by atoms with van der Waals surface area (Å²) in [5, 5.41) is 2.51. The first-order valence-corrected chi connectivity index (χ1v) is 8.81. The van der Waals surface area contributed by atoms with Crippen LogP contribution in [0.3, 0.4) is 0 Å². The van der Waals surface area contributed by atoms with Gasteiger partial charge in [0, 0.05) is 12.6 Å². The number of benzene rings is 2. The molecule has 0 atom stereocenters. The summed E-state index contributed by atoms with van der Waals surface area (Å²) < 4.78 is 42.0. The van der Waals surface area contributed by atoms with Crippen LogP contribution in [-0.4, -0.2) is 26.8 Å². The van der Waals surface area contributed by atoms with Crippen molar-refractivity contribution in [3.63, 3.8) is 0 Å². The quantitative estimate of drug-likeness (QED) is 0.623. The van der Waals surface area contributed by atoms with Crippen molar-refractivity contribution >= 4 is 27.5 Å². The highest BCUT2D eigenvalue weighted by Crippen LogP contribution is 2.13. The van der Waals surface area contributed by atoms with Crippen LogP contribution in [0.2, 0.25) is 0 Å². The largest absolute Gasteiger partial charge is 0.484 e. The SMILES string of the molecule is CC(=O)Nc1ccc(S(=O)(=O)NNC(=O)COc2ccc(F)cc2)cc1. The number of rotatable bonds is 7. The third kappa shape index (κ3) is 5.83. The topological polar surface area (TPSA) is 114 Å². The minimum atomic E-state index is -3.99. The Balaban J connectivity index is 1.87. The summed E-state index contributed by atoms with van der Waals surface area (Å²) in [4.78, 5) is 24.4. The van der Waals surface area contributed by atoms with Crippen LogP contribution in [0.4, 0.5) is 10.1 Å². The molecular formula is C16H16FN3O5S. The molecule has 0 radical (unpaired) electrons. The van der Waals surface area contributed by atoms with Crippen molar-refractivity contribution in [2.45, 2.75) is 11.8 Å². The summed E-state index contributed by atoms with van der Waals surface area (Å²) in [6.07, 6.45) is 0. The molecule has 0 fully saturated rings. The molecule has 2 aromatic rings. The second kappa shape index (κ2) is 8.41. The number of nitrogens with one attached hydrogen (secondary N) is 3. The zero-order valence-electron chi connectivity index (χ0n) is 13.7. The molecule has 0 unspecified atom stereocenters. The van der Waals surface area contributed by atoms with Crippen molar-refractivity contribution in [1.82, 2.24) is 10.3 Å². The van der Waals surface area contributed by atoms with Gasteiger partial charge in [-0.3, -0.25) is 15.0 Å². The summed E-state index contributed by atoms with van der Waals surface area (Å²) >= 11 is 0. The number of sulfonamides is 1. The Hall–Kier alpha value is -2.98. The zero-order chi connectivity index (χ0) is 19.2. The average Bonchev–Trinajstić information content (AvgIpc) is 2.59. The highest BCUT2D eigenvalue weighted by molar-refractivity contribution is 7.89. The van der Waals surface area contributed by atoms with Gasteiger partial charge >= 0.3 is 0 Å². The highest BCUT2D eigenvalue weighted by Gasteiger charge is 2.15. The predicted octanol–water partition coefficient (Wildman–Crippen LogP) is 1.17. The summed E-state index contributed by atoms with van der Waals surface area (Å²) in [5.74, 6) is -1.21. The Morgan fingerprint density at radius 1 is 1.04 bits per heavy atom. The van der Waals surface area contributed by atoms with E-state index in [1.807, 2.05) is 10.3 Å². The first-order chi connectivity index (χ1) is 12.3. The molecule has 0 bridgehead atoms. The smallest absolute Gasteiger partial charge is 0.272 e. The van der Waals surface area contributed by atoms with Crippen molar-refractivity contribution in [2.75, 3.05) is 11.9 Å². The molecule has 0 aliphatic carbocycles. The van der Waals surface area contributed by atoms with Crippen molar-refractivity contribution in [1.29, 1.82) is 0 Å². The number of halogens is 1. The number of ether oxygens (including phenoxy) is 1. The maximum atomic E-state index is 12.8. The number of amides is 2. The van der Waals surface area contributed by atoms with Crippen LogP contribution in [0.25, 0.3) is 0 Å². The second-order valence-electron chi connectivity index (χ2n) is 5.10. The molecule has 0 heterocycles. The number of hydrogen-bond acceptors (Lipinski definition) is 5. The van der Waals surface area contributed by atoms with E-state index in [0.29, 0.717) is 5.69 Å². The highest BCUT2D eigenvalue weighted by atomic mass is 32.2. The fourth-order valence-electron chi connectivity index (χ4n) is 1.82. The van der Waals surface area contributed by atoms with Gasteiger partial charge in [0.05, 0.1) is 4.90 Å². The van der Waals surface area contributed by atoms with Crippen LogP contribution in [0, 0.1) is 5.82 Å². The summed E-state index contributed by atoms with van der Waals surface area (Å²) in [6, 6.07) is 10.4. The molecule has 8 nitrogen and oxygen atoms in total. The molecule has 0 saturated carbocycles. The van der Waals surface area contributed by atoms with Crippen molar-refractivity contribution in [3.05, 3.63) is 54.3 Å². The van der Waals surface area contributed by atoms with E-state index in [1.54, 1.807) is 0 Å². The van der Waals surface area contributed by atoms with Gasteiger partial charge in [0.15, 0.2) is 6.61 Å². The fraction of sp³-hybridized carbons (Fsp3) is 0.125. The first kappa shape index (κ1) is 19.3. The van der Waals surface area contributed by atoms with Gasteiger partial charge in [-0.1, -0.05) is 0 Å². The second-order valence-corrected chi connectivity index (χ2v) is 6.78. The lowest BCUT2D eigenvalue weighted by molar-refractivity contribution is -0.123. The minimum Gasteiger partial charge on any atom is -0.484 e. The summed E-state index contributed by atoms with van der Waals surface area (Å²) in [6.45, 7) is 0.866. The van der Waals surface area contributed by atoms with E-state index in [4.69, 9.17) is 4.74 Å². The number of carbonyl (C=O) groups is 2. The molecule has 2 rings (SSSR count). The van der Waals surface area contributed by atoms with Crippen LogP contribution >= 0.6 is 0 Å². The number of hydrazine groups is 1. The molecule has 0 aromatic heterocycles. The maximum absolute atomic E-state index is 12.8. The van der Waals surface area contributed by atoms with Crippen LogP contribution in [0.1, 0.15) is 6.92 Å². The Bertz CT molecular complexity index is 883. The normalized spacial score (nSPS) is 10.8. The molecule has 0 aliphatic heterocycles. The molecule has 2 amide bonds. The molecule has 10 heteroatoms. The molecule has 0 saturated heterocycles. The summed E-state index contributed by atoms with van der Waals surface area (Å²) in [7, 11) is -3.99. The van der Waals surface area contributed by atoms with E-state index in [2.05, 4.69) is 5.32 Å². The monoisotopic (exact) mass is 381 g/mol. The van der Waals surface area contributed by atoms with E-state index in [9.17, 15) is 22.4 Å². The van der Waals surface area contributed by atoms with E-state index in [0.717, 1.165) is 0 Å². The van der Waals surface area contributed by atoms with Crippen molar-refractivity contribution in [2.24, 2.45) is 0 Å². The third-order valence-corrected chi connectivity index (χ3v) is 4.26. The van der Waals surface area contributed by atoms with Crippen LogP contribution in [0.5, 0.6) is 5.75 Å². The van der Waals surface area contributed by atoms with Gasteiger partial charge in [0.1, 0.15) is 11.6 Å². The lowest BCUT2D eigenvalue weighted by atomic mass is 10.3. The maximum Gasteiger partial charge on any atom is 0.272 e. The molecule has 0 aliphatic rings. The van der Waals surface area contributed by atoms with Crippen molar-refractivity contribution in [3.8, 4) is 5.75 Å². The first-order valence-electron chi connectivity index (χ1n) is 7.33. The minimum absolute atomic E-state index is 0.105. The lowest BCUT2D eigenvalue weighted by Gasteiger charge is -2.10. The van der Waals surface area contributed by atoms with Crippen LogP contribution < -0.4 is 20.3 Å². The Morgan fingerprint density at radius 3 is 2.23 bits per heavy atom. The predicted molar refractivity (Wildman–Crippen MR) is 91.1 cm³/mol. The van der Waals surface area contributed by atoms with Crippen LogP contribution in [-0.2, 0) is 19.6 Å². The van der Waals surface area contributed by atoms with Gasteiger partial charge in [-0.2, -0.15) is 0 Å². The van der Waals surface area contributed by atoms with E-state index in [1.165, 1.54) is 55.5 Å². The molecule has 26 heavy (non-hydrogen) atoms.